The van der Waals surface area contributed by atoms with Gasteiger partial charge in [-0.05, 0) is 102 Å². The van der Waals surface area contributed by atoms with E-state index < -0.39 is 23.6 Å². The third kappa shape index (κ3) is 10.4. The first kappa shape index (κ1) is 59.3. The largest absolute Gasteiger partial charge is 0.274 e. The summed E-state index contributed by atoms with van der Waals surface area (Å²) in [5, 5.41) is 2.98. The summed E-state index contributed by atoms with van der Waals surface area (Å²) >= 11 is 0. The zero-order chi connectivity index (χ0) is 62.7. The predicted molar refractivity (Wildman–Crippen MR) is 380 cm³/mol. The van der Waals surface area contributed by atoms with Crippen molar-refractivity contribution in [2.24, 2.45) is 0 Å². The summed E-state index contributed by atoms with van der Waals surface area (Å²) in [7, 11) is 0. The molecule has 2 heterocycles. The quantitative estimate of drug-likeness (QED) is 0.0385. The number of fused-ring (bicyclic) bond motifs is 6. The van der Waals surface area contributed by atoms with Crippen LogP contribution in [0, 0.1) is 0 Å². The molecule has 2 aliphatic rings. The summed E-state index contributed by atoms with van der Waals surface area (Å²) in [5.41, 5.74) is 14.8. The van der Waals surface area contributed by atoms with Crippen LogP contribution in [0.15, 0.2) is 243 Å². The highest BCUT2D eigenvalue weighted by Gasteiger charge is 2.47. The molecule has 14 rings (SSSR count). The Kier molecular flexibility index (Phi) is 16.9. The summed E-state index contributed by atoms with van der Waals surface area (Å²) in [6, 6.07) is 82.8. The Morgan fingerprint density at radius 2 is 0.359 bits per heavy atom. The van der Waals surface area contributed by atoms with E-state index in [-0.39, 0.29) is 13.1 Å². The van der Waals surface area contributed by atoms with E-state index in [1.807, 2.05) is 97.1 Å². The fraction of sp³-hybridized carbons (Fsp3) is 0.186. The van der Waals surface area contributed by atoms with Crippen molar-refractivity contribution in [3.8, 4) is 89.0 Å². The lowest BCUT2D eigenvalue weighted by molar-refractivity contribution is 0.0590. The van der Waals surface area contributed by atoms with Gasteiger partial charge in [-0.1, -0.05) is 321 Å². The maximum atomic E-state index is 17.3. The van der Waals surface area contributed by atoms with Gasteiger partial charge in [-0.25, -0.2) is 0 Å². The van der Waals surface area contributed by atoms with Crippen molar-refractivity contribution in [1.82, 2.24) is 9.80 Å². The van der Waals surface area contributed by atoms with Crippen LogP contribution < -0.4 is 0 Å². The minimum Gasteiger partial charge on any atom is -0.274 e. The van der Waals surface area contributed by atoms with Crippen LogP contribution in [0.1, 0.15) is 132 Å². The van der Waals surface area contributed by atoms with Gasteiger partial charge < -0.3 is 0 Å². The van der Waals surface area contributed by atoms with Crippen molar-refractivity contribution < 1.29 is 19.2 Å². The van der Waals surface area contributed by atoms with Crippen molar-refractivity contribution in [2.45, 2.75) is 90.9 Å². The molecular weight excluding hydrogens is 1120 g/mol. The zero-order valence-corrected chi connectivity index (χ0v) is 52.5. The number of hydrogen-bond donors (Lipinski definition) is 0. The molecule has 0 N–H and O–H groups in total. The molecule has 0 atom stereocenters. The highest BCUT2D eigenvalue weighted by atomic mass is 16.2. The number of unbranched alkanes of at least 4 members (excludes halogenated alkanes) is 10. The molecule has 12 aromatic rings. The van der Waals surface area contributed by atoms with Gasteiger partial charge in [0.2, 0.25) is 0 Å². The highest BCUT2D eigenvalue weighted by Crippen LogP contribution is 2.60. The van der Waals surface area contributed by atoms with Gasteiger partial charge in [0.05, 0.1) is 22.3 Å². The topological polar surface area (TPSA) is 74.8 Å². The fourth-order valence-electron chi connectivity index (χ4n) is 15.0. The number of rotatable bonds is 22. The van der Waals surface area contributed by atoms with E-state index in [0.717, 1.165) is 153 Å². The van der Waals surface area contributed by atoms with Crippen LogP contribution in [0.3, 0.4) is 0 Å². The molecule has 0 radical (unpaired) electrons. The van der Waals surface area contributed by atoms with Crippen molar-refractivity contribution in [3.05, 3.63) is 265 Å². The van der Waals surface area contributed by atoms with Crippen LogP contribution in [-0.4, -0.2) is 46.5 Å². The molecule has 0 bridgehead atoms. The number of imide groups is 2. The van der Waals surface area contributed by atoms with Gasteiger partial charge in [-0.3, -0.25) is 29.0 Å². The highest BCUT2D eigenvalue weighted by molar-refractivity contribution is 6.47. The number of benzene rings is 12. The van der Waals surface area contributed by atoms with Crippen LogP contribution in [0.5, 0.6) is 0 Å². The van der Waals surface area contributed by atoms with Gasteiger partial charge in [0.15, 0.2) is 0 Å². The van der Waals surface area contributed by atoms with Gasteiger partial charge in [0, 0.05) is 45.4 Å². The van der Waals surface area contributed by atoms with Gasteiger partial charge >= 0.3 is 0 Å². The Labute approximate surface area is 539 Å². The Morgan fingerprint density at radius 3 is 0.554 bits per heavy atom. The summed E-state index contributed by atoms with van der Waals surface area (Å²) in [5.74, 6) is -1.76. The first-order valence-corrected chi connectivity index (χ1v) is 33.3. The molecule has 0 fully saturated rings. The Morgan fingerprint density at radius 1 is 0.196 bits per heavy atom. The van der Waals surface area contributed by atoms with Gasteiger partial charge in [-0.2, -0.15) is 0 Å². The van der Waals surface area contributed by atoms with Gasteiger partial charge in [0.25, 0.3) is 23.6 Å². The van der Waals surface area contributed by atoms with E-state index in [1.54, 1.807) is 0 Å². The molecule has 92 heavy (non-hydrogen) atoms. The average Bonchev–Trinajstić information content (AvgIpc) is 0.662. The molecule has 12 aromatic carbocycles. The van der Waals surface area contributed by atoms with Crippen molar-refractivity contribution in [1.29, 1.82) is 0 Å². The molecule has 0 aliphatic carbocycles. The number of carbonyl (C=O) groups excluding carboxylic acids is 4. The molecule has 2 aliphatic heterocycles. The Balaban J connectivity index is 1.32. The summed E-state index contributed by atoms with van der Waals surface area (Å²) in [6.45, 7) is 4.75. The molecule has 6 heteroatoms. The molecule has 0 saturated carbocycles. The molecule has 0 spiro atoms. The molecular formula is C86H74N2O4. The van der Waals surface area contributed by atoms with E-state index in [9.17, 15) is 0 Å². The predicted octanol–water partition coefficient (Wildman–Crippen LogP) is 22.4. The number of carbonyl (C=O) groups is 4. The second-order valence-electron chi connectivity index (χ2n) is 24.7. The van der Waals surface area contributed by atoms with Crippen LogP contribution in [0.4, 0.5) is 0 Å². The minimum atomic E-state index is -0.441. The molecule has 4 amide bonds. The second-order valence-corrected chi connectivity index (χ2v) is 24.7. The summed E-state index contributed by atoms with van der Waals surface area (Å²) in [4.78, 5) is 72.1. The Bertz CT molecular complexity index is 4160. The molecule has 452 valence electrons. The maximum Gasteiger partial charge on any atom is 0.262 e. The summed E-state index contributed by atoms with van der Waals surface area (Å²) < 4.78 is 0. The van der Waals surface area contributed by atoms with E-state index >= 15 is 19.2 Å². The lowest BCUT2D eigenvalue weighted by atomic mass is 9.70. The number of hydrogen-bond acceptors (Lipinski definition) is 4. The second kappa shape index (κ2) is 26.3. The van der Waals surface area contributed by atoms with E-state index in [0.29, 0.717) is 67.4 Å². The van der Waals surface area contributed by atoms with E-state index in [2.05, 4.69) is 159 Å². The first-order valence-electron chi connectivity index (χ1n) is 33.3. The number of nitrogens with zero attached hydrogens (tertiary/aromatic N) is 2. The lowest BCUT2D eigenvalue weighted by Crippen LogP contribution is -2.44. The molecule has 0 saturated heterocycles. The van der Waals surface area contributed by atoms with Crippen LogP contribution in [0.2, 0.25) is 0 Å². The SMILES string of the molecule is CCCCCCCCN1C(=O)c2c3c(-c4ccccc4)c(-c4ccccc4)c(-c4ccccc4)c(-c4ccccc4)c3c3c4c(c5c(-c6ccccc6)c(-c6ccccc6)c(-c6ccccc6)c(-c6ccccc6)c5c(c24)C1=O)C(=O)N(CCCCCCCC)C3=O. The van der Waals surface area contributed by atoms with Crippen LogP contribution in [0.25, 0.3) is 121 Å². The van der Waals surface area contributed by atoms with Gasteiger partial charge in [-0.15, -0.1) is 0 Å². The zero-order valence-electron chi connectivity index (χ0n) is 52.5. The third-order valence-corrected chi connectivity index (χ3v) is 19.1. The number of amides is 4. The minimum absolute atomic E-state index is 0.167. The molecule has 6 nitrogen and oxygen atoms in total. The molecule has 0 aromatic heterocycles. The molecule has 0 unspecified atom stereocenters. The van der Waals surface area contributed by atoms with E-state index in [1.165, 1.54) is 9.80 Å². The van der Waals surface area contributed by atoms with Crippen LogP contribution in [-0.2, 0) is 0 Å². The first-order chi connectivity index (χ1) is 45.4. The Hall–Kier alpha value is -10.3. The fourth-order valence-corrected chi connectivity index (χ4v) is 15.0. The normalized spacial score (nSPS) is 12.9. The summed E-state index contributed by atoms with van der Waals surface area (Å²) in [6.07, 6.45) is 11.3. The lowest BCUT2D eigenvalue weighted by Gasteiger charge is -2.38. The smallest absolute Gasteiger partial charge is 0.262 e. The standard InChI is InChI=1S/C86H74N2O4/c1-3-5-7-9-11-37-55-87-83(89)79-73-69(61-47-29-17-30-48-61)65(57-39-21-13-22-40-57)67(59-43-25-15-26-44-59)71(63-51-33-19-34-52-63)75(73)81-78-77(79)80(84(87)90)74-70(62-49-31-18-32-50-62)66(58-41-23-14-24-42-58)68(60-45-27-16-28-46-60)72(64-53-35-20-36-54-64)76(74)82(78)86(92)88(85(81)91)56-38-12-10-8-6-4-2/h13-36,39-54H,3-12,37-38,55-56H2,1-2H3. The van der Waals surface area contributed by atoms with Crippen molar-refractivity contribution >= 4 is 55.9 Å². The average molecular weight is 1200 g/mol. The third-order valence-electron chi connectivity index (χ3n) is 19.1. The van der Waals surface area contributed by atoms with Gasteiger partial charge in [0.1, 0.15) is 0 Å². The van der Waals surface area contributed by atoms with Crippen molar-refractivity contribution in [3.63, 3.8) is 0 Å². The monoisotopic (exact) mass is 1200 g/mol. The van der Waals surface area contributed by atoms with Crippen LogP contribution >= 0.6 is 0 Å². The van der Waals surface area contributed by atoms with E-state index in [4.69, 9.17) is 0 Å². The maximum absolute atomic E-state index is 17.3. The van der Waals surface area contributed by atoms with Crippen molar-refractivity contribution in [2.75, 3.05) is 13.1 Å².